The number of carbonyl (C=O) groups is 1. The fraction of sp³-hybridized carbons (Fsp3) is 0.972. The maximum atomic E-state index is 12.1. The van der Waals surface area contributed by atoms with Gasteiger partial charge >= 0.3 is 5.97 Å². The van der Waals surface area contributed by atoms with Gasteiger partial charge in [0.25, 0.3) is 0 Å². The highest BCUT2D eigenvalue weighted by Gasteiger charge is 2.72. The Morgan fingerprint density at radius 3 is 1.98 bits per heavy atom. The van der Waals surface area contributed by atoms with Crippen LogP contribution in [0.2, 0.25) is 0 Å². The molecule has 0 aromatic heterocycles. The van der Waals surface area contributed by atoms with E-state index in [0.29, 0.717) is 18.3 Å². The van der Waals surface area contributed by atoms with Crippen molar-refractivity contribution < 1.29 is 50.0 Å². The monoisotopic (exact) mass is 652 g/mol. The number of hydrogen-bond donors (Lipinski definition) is 7. The second kappa shape index (κ2) is 11.3. The van der Waals surface area contributed by atoms with Crippen molar-refractivity contribution in [3.63, 3.8) is 0 Å². The average molecular weight is 653 g/mol. The molecule has 1 aliphatic heterocycles. The highest BCUT2D eigenvalue weighted by Crippen LogP contribution is 2.78. The summed E-state index contributed by atoms with van der Waals surface area (Å²) in [5.74, 6) is -0.127. The molecule has 0 amide bonds. The summed E-state index contributed by atoms with van der Waals surface area (Å²) < 4.78 is 11.8. The van der Waals surface area contributed by atoms with Gasteiger partial charge in [-0.3, -0.25) is 0 Å². The van der Waals surface area contributed by atoms with Crippen LogP contribution < -0.4 is 0 Å². The lowest BCUT2D eigenvalue weighted by Gasteiger charge is -2.73. The smallest absolute Gasteiger partial charge is 0.335 e. The molecule has 264 valence electrons. The molecule has 5 saturated carbocycles. The molecule has 6 fully saturated rings. The number of aliphatic carboxylic acids is 1. The Bertz CT molecular complexity index is 1180. The summed E-state index contributed by atoms with van der Waals surface area (Å²) in [5, 5.41) is 73.4. The van der Waals surface area contributed by atoms with Gasteiger partial charge in [-0.05, 0) is 116 Å². The van der Waals surface area contributed by atoms with E-state index in [1.807, 2.05) is 0 Å². The molecular formula is C36H60O10. The molecule has 6 aliphatic rings. The Hall–Kier alpha value is -0.850. The Kier molecular flexibility index (Phi) is 8.62. The fourth-order valence-electron chi connectivity index (χ4n) is 13.5. The van der Waals surface area contributed by atoms with Crippen molar-refractivity contribution in [2.45, 2.75) is 148 Å². The van der Waals surface area contributed by atoms with Gasteiger partial charge in [-0.1, -0.05) is 34.6 Å². The van der Waals surface area contributed by atoms with Crippen molar-refractivity contribution >= 4 is 5.97 Å². The lowest BCUT2D eigenvalue weighted by molar-refractivity contribution is -0.317. The van der Waals surface area contributed by atoms with Crippen molar-refractivity contribution in [2.75, 3.05) is 13.2 Å². The van der Waals surface area contributed by atoms with E-state index in [0.717, 1.165) is 57.8 Å². The van der Waals surface area contributed by atoms with E-state index in [1.165, 1.54) is 6.92 Å². The predicted octanol–water partition coefficient (Wildman–Crippen LogP) is 3.08. The number of ether oxygens (including phenoxy) is 2. The maximum Gasteiger partial charge on any atom is 0.335 e. The Balaban J connectivity index is 1.25. The third-order valence-electron chi connectivity index (χ3n) is 16.3. The van der Waals surface area contributed by atoms with Gasteiger partial charge in [0.15, 0.2) is 11.9 Å². The number of aliphatic hydroxyl groups is 6. The molecule has 0 bridgehead atoms. The standard InChI is InChI=1S/C36H60O10/c1-31-13-9-20(36(6,44)30(42)43)19(31)10-15-34(4)23(31)7-8-24-32(2)14-12-25(38)33(3,22(32)11-16-35(24,34)5)18-45-29-28(41)27(40)26(39)21(17-37)46-29/h19-29,37-41,44H,7-18H2,1-6H3,(H,42,43)/t19-,20-,21-,22+,23+,24-,25-,26-,27+,28-,29-,31-,32-,33+,34-,35-,36-/m0/s1. The normalized spacial score (nSPS) is 56.6. The Labute approximate surface area is 273 Å². The van der Waals surface area contributed by atoms with E-state index >= 15 is 0 Å². The lowest BCUT2D eigenvalue weighted by atomic mass is 9.31. The van der Waals surface area contributed by atoms with Crippen LogP contribution in [0.15, 0.2) is 0 Å². The number of carboxylic acids is 1. The lowest BCUT2D eigenvalue weighted by Crippen LogP contribution is -2.68. The van der Waals surface area contributed by atoms with Crippen LogP contribution in [-0.2, 0) is 14.3 Å². The van der Waals surface area contributed by atoms with E-state index in [4.69, 9.17) is 9.47 Å². The van der Waals surface area contributed by atoms with Crippen LogP contribution >= 0.6 is 0 Å². The largest absolute Gasteiger partial charge is 0.479 e. The summed E-state index contributed by atoms with van der Waals surface area (Å²) in [6.45, 7) is 13.0. The predicted molar refractivity (Wildman–Crippen MR) is 168 cm³/mol. The van der Waals surface area contributed by atoms with Crippen LogP contribution in [0.1, 0.15) is 106 Å². The molecule has 10 heteroatoms. The number of aliphatic hydroxyl groups excluding tert-OH is 5. The van der Waals surface area contributed by atoms with Gasteiger partial charge in [-0.15, -0.1) is 0 Å². The third kappa shape index (κ3) is 4.60. The van der Waals surface area contributed by atoms with E-state index in [-0.39, 0.29) is 46.0 Å². The fourth-order valence-corrected chi connectivity index (χ4v) is 13.5. The molecule has 10 nitrogen and oxygen atoms in total. The van der Waals surface area contributed by atoms with Crippen molar-refractivity contribution in [3.05, 3.63) is 0 Å². The Morgan fingerprint density at radius 1 is 0.783 bits per heavy atom. The van der Waals surface area contributed by atoms with Gasteiger partial charge in [0.1, 0.15) is 24.4 Å². The molecule has 0 unspecified atom stereocenters. The SMILES string of the molecule is C[C@]12CC[C@H](O)[C@](C)(CO[C@H]3O[C@@H](CO)[C@H](O)[C@@H](O)[C@@H]3O)[C@@H]1CC[C@@]1(C)[C@H]2CC[C@@H]2[C@@]3(C)CC[C@H]([C@](C)(O)C(=O)O)[C@@H]3CC[C@@]21C. The number of rotatable bonds is 6. The molecule has 7 N–H and O–H groups in total. The second-order valence-corrected chi connectivity index (χ2v) is 17.9. The highest BCUT2D eigenvalue weighted by molar-refractivity contribution is 5.77. The molecule has 1 heterocycles. The van der Waals surface area contributed by atoms with Gasteiger partial charge < -0.3 is 45.2 Å². The quantitative estimate of drug-likeness (QED) is 0.226. The van der Waals surface area contributed by atoms with Crippen molar-refractivity contribution in [3.8, 4) is 0 Å². The minimum atomic E-state index is -1.71. The summed E-state index contributed by atoms with van der Waals surface area (Å²) in [5.41, 5.74) is -2.29. The van der Waals surface area contributed by atoms with Crippen LogP contribution in [-0.4, -0.2) is 97.3 Å². The Morgan fingerprint density at radius 2 is 1.37 bits per heavy atom. The number of fused-ring (bicyclic) bond motifs is 7. The number of carboxylic acid groups (broad SMARTS) is 1. The van der Waals surface area contributed by atoms with E-state index in [2.05, 4.69) is 34.6 Å². The number of hydrogen-bond acceptors (Lipinski definition) is 9. The van der Waals surface area contributed by atoms with Crippen LogP contribution in [0.5, 0.6) is 0 Å². The molecule has 1 saturated heterocycles. The molecule has 46 heavy (non-hydrogen) atoms. The van der Waals surface area contributed by atoms with E-state index < -0.39 is 60.4 Å². The van der Waals surface area contributed by atoms with Crippen molar-refractivity contribution in [2.24, 2.45) is 56.7 Å². The molecular weight excluding hydrogens is 592 g/mol. The van der Waals surface area contributed by atoms with Crippen LogP contribution in [0.25, 0.3) is 0 Å². The minimum absolute atomic E-state index is 0.0145. The first kappa shape index (κ1) is 35.0. The first-order valence-corrected chi connectivity index (χ1v) is 17.9. The van der Waals surface area contributed by atoms with Crippen LogP contribution in [0, 0.1) is 56.7 Å². The summed E-state index contributed by atoms with van der Waals surface area (Å²) >= 11 is 0. The molecule has 0 spiro atoms. The van der Waals surface area contributed by atoms with Gasteiger partial charge in [-0.2, -0.15) is 0 Å². The topological polar surface area (TPSA) is 177 Å². The van der Waals surface area contributed by atoms with Gasteiger partial charge in [-0.25, -0.2) is 4.79 Å². The zero-order chi connectivity index (χ0) is 33.8. The third-order valence-corrected chi connectivity index (χ3v) is 16.3. The average Bonchev–Trinajstić information content (AvgIpc) is 3.36. The van der Waals surface area contributed by atoms with Crippen molar-refractivity contribution in [1.29, 1.82) is 0 Å². The van der Waals surface area contributed by atoms with Gasteiger partial charge in [0.2, 0.25) is 0 Å². The summed E-state index contributed by atoms with van der Waals surface area (Å²) in [4.78, 5) is 12.1. The molecule has 6 rings (SSSR count). The second-order valence-electron chi connectivity index (χ2n) is 17.9. The summed E-state index contributed by atoms with van der Waals surface area (Å²) in [7, 11) is 0. The molecule has 17 atom stereocenters. The van der Waals surface area contributed by atoms with Gasteiger partial charge in [0, 0.05) is 11.3 Å². The van der Waals surface area contributed by atoms with Gasteiger partial charge in [0.05, 0.1) is 19.3 Å². The van der Waals surface area contributed by atoms with E-state index in [1.54, 1.807) is 0 Å². The first-order chi connectivity index (χ1) is 21.3. The molecule has 0 radical (unpaired) electrons. The zero-order valence-electron chi connectivity index (χ0n) is 28.7. The van der Waals surface area contributed by atoms with Crippen LogP contribution in [0.4, 0.5) is 0 Å². The first-order valence-electron chi connectivity index (χ1n) is 17.9. The summed E-state index contributed by atoms with van der Waals surface area (Å²) in [6.07, 6.45) is 1.96. The highest BCUT2D eigenvalue weighted by atomic mass is 16.7. The molecule has 5 aliphatic carbocycles. The summed E-state index contributed by atoms with van der Waals surface area (Å²) in [6, 6.07) is 0. The molecule has 0 aromatic rings. The van der Waals surface area contributed by atoms with Crippen molar-refractivity contribution in [1.82, 2.24) is 0 Å². The minimum Gasteiger partial charge on any atom is -0.479 e. The zero-order valence-corrected chi connectivity index (χ0v) is 28.7. The van der Waals surface area contributed by atoms with E-state index in [9.17, 15) is 40.5 Å². The van der Waals surface area contributed by atoms with Crippen LogP contribution in [0.3, 0.4) is 0 Å². The maximum absolute atomic E-state index is 12.1. The molecule has 0 aromatic carbocycles.